The Morgan fingerprint density at radius 2 is 2.05 bits per heavy atom. The minimum absolute atomic E-state index is 0.0804. The van der Waals surface area contributed by atoms with Crippen molar-refractivity contribution in [2.24, 2.45) is 5.92 Å². The van der Waals surface area contributed by atoms with Gasteiger partial charge in [-0.1, -0.05) is 17.3 Å². The van der Waals surface area contributed by atoms with E-state index in [-0.39, 0.29) is 36.1 Å². The summed E-state index contributed by atoms with van der Waals surface area (Å²) in [5, 5.41) is 14.7. The first-order chi connectivity index (χ1) is 18.0. The predicted molar refractivity (Wildman–Crippen MR) is 130 cm³/mol. The molecule has 10 nitrogen and oxygen atoms in total. The Balaban J connectivity index is 1.21. The second kappa shape index (κ2) is 9.32. The summed E-state index contributed by atoms with van der Waals surface area (Å²) in [5.74, 6) is -0.109. The molecule has 0 spiro atoms. The molecule has 0 aliphatic carbocycles. The van der Waals surface area contributed by atoms with Crippen molar-refractivity contribution in [1.29, 1.82) is 0 Å². The number of hydrogen-bond donors (Lipinski definition) is 2. The standard InChI is InChI=1S/C26H24FN5O5/c1-35-8-9-36-21-12-20-17(10-18(21)27)23(30-29-20)22-11-19(31-37-22)14-2-4-15(5-3-14)26(34)32-7-6-16-13-28-25(33)24(16)32/h2-5,10-12,16,24H,6-9,13H2,1H3,(H,28,33)(H,29,30)/t16-,24-/m1/s1. The van der Waals surface area contributed by atoms with Gasteiger partial charge in [-0.25, -0.2) is 4.39 Å². The zero-order chi connectivity index (χ0) is 25.5. The summed E-state index contributed by atoms with van der Waals surface area (Å²) in [5.41, 5.74) is 2.79. The average Bonchev–Trinajstić information content (AvgIpc) is 3.69. The van der Waals surface area contributed by atoms with Crippen molar-refractivity contribution in [2.45, 2.75) is 12.5 Å². The van der Waals surface area contributed by atoms with Crippen molar-refractivity contribution in [3.05, 3.63) is 53.8 Å². The summed E-state index contributed by atoms with van der Waals surface area (Å²) in [6.07, 6.45) is 0.822. The highest BCUT2D eigenvalue weighted by Gasteiger charge is 2.45. The normalized spacial score (nSPS) is 18.9. The first kappa shape index (κ1) is 23.2. The molecule has 2 atom stereocenters. The number of halogens is 1. The zero-order valence-electron chi connectivity index (χ0n) is 20.0. The Bertz CT molecular complexity index is 1480. The molecule has 0 bridgehead atoms. The van der Waals surface area contributed by atoms with Crippen LogP contribution in [-0.2, 0) is 9.53 Å². The number of hydrogen-bond acceptors (Lipinski definition) is 7. The Labute approximate surface area is 210 Å². The number of rotatable bonds is 7. The first-order valence-corrected chi connectivity index (χ1v) is 12.0. The maximum Gasteiger partial charge on any atom is 0.254 e. The number of fused-ring (bicyclic) bond motifs is 2. The van der Waals surface area contributed by atoms with E-state index in [0.717, 1.165) is 12.0 Å². The van der Waals surface area contributed by atoms with Crippen LogP contribution < -0.4 is 10.1 Å². The number of aromatic amines is 1. The molecule has 11 heteroatoms. The molecule has 2 saturated heterocycles. The number of methoxy groups -OCH3 is 1. The minimum atomic E-state index is -0.523. The number of nitrogens with zero attached hydrogens (tertiary/aromatic N) is 3. The number of benzene rings is 2. The van der Waals surface area contributed by atoms with Crippen LogP contribution in [0.5, 0.6) is 5.75 Å². The molecule has 6 rings (SSSR count). The van der Waals surface area contributed by atoms with Gasteiger partial charge < -0.3 is 24.2 Å². The van der Waals surface area contributed by atoms with E-state index in [1.807, 2.05) is 0 Å². The summed E-state index contributed by atoms with van der Waals surface area (Å²) in [6.45, 7) is 1.78. The summed E-state index contributed by atoms with van der Waals surface area (Å²) in [4.78, 5) is 26.9. The highest BCUT2D eigenvalue weighted by Crippen LogP contribution is 2.33. The Morgan fingerprint density at radius 1 is 1.22 bits per heavy atom. The molecule has 2 aromatic heterocycles. The van der Waals surface area contributed by atoms with Gasteiger partial charge in [0.2, 0.25) is 5.91 Å². The van der Waals surface area contributed by atoms with Crippen molar-refractivity contribution >= 4 is 22.7 Å². The third-order valence-corrected chi connectivity index (χ3v) is 6.92. The van der Waals surface area contributed by atoms with Gasteiger partial charge in [-0.3, -0.25) is 14.7 Å². The SMILES string of the molecule is COCCOc1cc2[nH]nc(-c3cc(-c4ccc(C(=O)N5CC[C@@H]6CNC(=O)[C@@H]65)cc4)no3)c2cc1F. The van der Waals surface area contributed by atoms with Crippen LogP contribution in [0, 0.1) is 11.7 Å². The fraction of sp³-hybridized carbons (Fsp3) is 0.308. The van der Waals surface area contributed by atoms with Crippen LogP contribution in [0.3, 0.4) is 0 Å². The molecule has 2 aliphatic rings. The number of carbonyl (C=O) groups excluding carboxylic acids is 2. The number of carbonyl (C=O) groups is 2. The molecular formula is C26H24FN5O5. The van der Waals surface area contributed by atoms with Crippen LogP contribution in [-0.4, -0.2) is 71.5 Å². The zero-order valence-corrected chi connectivity index (χ0v) is 20.0. The van der Waals surface area contributed by atoms with Crippen LogP contribution in [0.15, 0.2) is 47.0 Å². The molecule has 0 radical (unpaired) electrons. The van der Waals surface area contributed by atoms with Crippen molar-refractivity contribution < 1.29 is 28.0 Å². The van der Waals surface area contributed by atoms with E-state index in [0.29, 0.717) is 53.3 Å². The lowest BCUT2D eigenvalue weighted by Gasteiger charge is -2.22. The largest absolute Gasteiger partial charge is 0.488 e. The van der Waals surface area contributed by atoms with Gasteiger partial charge in [-0.2, -0.15) is 5.10 Å². The first-order valence-electron chi connectivity index (χ1n) is 12.0. The quantitative estimate of drug-likeness (QED) is 0.370. The third kappa shape index (κ3) is 4.10. The number of aromatic nitrogens is 3. The lowest BCUT2D eigenvalue weighted by molar-refractivity contribution is -0.122. The van der Waals surface area contributed by atoms with Crippen molar-refractivity contribution in [3.63, 3.8) is 0 Å². The Morgan fingerprint density at radius 3 is 2.86 bits per heavy atom. The van der Waals surface area contributed by atoms with E-state index in [2.05, 4.69) is 20.7 Å². The predicted octanol–water partition coefficient (Wildman–Crippen LogP) is 3.01. The topological polar surface area (TPSA) is 123 Å². The van der Waals surface area contributed by atoms with Gasteiger partial charge in [-0.05, 0) is 24.6 Å². The molecule has 4 heterocycles. The summed E-state index contributed by atoms with van der Waals surface area (Å²) < 4.78 is 30.5. The monoisotopic (exact) mass is 505 g/mol. The van der Waals surface area contributed by atoms with Gasteiger partial charge in [0.05, 0.1) is 12.1 Å². The fourth-order valence-electron chi connectivity index (χ4n) is 5.01. The van der Waals surface area contributed by atoms with E-state index in [4.69, 9.17) is 14.0 Å². The van der Waals surface area contributed by atoms with Crippen LogP contribution in [0.4, 0.5) is 4.39 Å². The lowest BCUT2D eigenvalue weighted by Crippen LogP contribution is -2.42. The van der Waals surface area contributed by atoms with Crippen LogP contribution in [0.25, 0.3) is 33.6 Å². The van der Waals surface area contributed by atoms with E-state index in [1.54, 1.807) is 48.4 Å². The lowest BCUT2D eigenvalue weighted by atomic mass is 10.0. The molecule has 2 fully saturated rings. The number of nitrogens with one attached hydrogen (secondary N) is 2. The van der Waals surface area contributed by atoms with Crippen LogP contribution >= 0.6 is 0 Å². The number of likely N-dealkylation sites (tertiary alicyclic amines) is 1. The van der Waals surface area contributed by atoms with Crippen molar-refractivity contribution in [1.82, 2.24) is 25.6 Å². The molecule has 0 unspecified atom stereocenters. The second-order valence-electron chi connectivity index (χ2n) is 9.13. The van der Waals surface area contributed by atoms with E-state index in [9.17, 15) is 14.0 Å². The molecule has 0 saturated carbocycles. The highest BCUT2D eigenvalue weighted by molar-refractivity contribution is 5.99. The van der Waals surface area contributed by atoms with Crippen molar-refractivity contribution in [2.75, 3.05) is 33.4 Å². The fourth-order valence-corrected chi connectivity index (χ4v) is 5.01. The molecule has 4 aromatic rings. The van der Waals surface area contributed by atoms with Crippen molar-refractivity contribution in [3.8, 4) is 28.5 Å². The second-order valence-corrected chi connectivity index (χ2v) is 9.13. The Kier molecular flexibility index (Phi) is 5.84. The highest BCUT2D eigenvalue weighted by atomic mass is 19.1. The van der Waals surface area contributed by atoms with E-state index < -0.39 is 5.82 Å². The molecular weight excluding hydrogens is 481 g/mol. The molecule has 190 valence electrons. The van der Waals surface area contributed by atoms with E-state index in [1.165, 1.54) is 6.07 Å². The van der Waals surface area contributed by atoms with Gasteiger partial charge in [0, 0.05) is 54.8 Å². The third-order valence-electron chi connectivity index (χ3n) is 6.92. The number of ether oxygens (including phenoxy) is 2. The molecule has 2 aliphatic heterocycles. The molecule has 2 aromatic carbocycles. The van der Waals surface area contributed by atoms with Gasteiger partial charge in [0.1, 0.15) is 24.0 Å². The maximum absolute atomic E-state index is 14.6. The smallest absolute Gasteiger partial charge is 0.254 e. The van der Waals surface area contributed by atoms with E-state index >= 15 is 0 Å². The van der Waals surface area contributed by atoms with Crippen LogP contribution in [0.2, 0.25) is 0 Å². The van der Waals surface area contributed by atoms with Crippen LogP contribution in [0.1, 0.15) is 16.8 Å². The van der Waals surface area contributed by atoms with Gasteiger partial charge in [0.25, 0.3) is 5.91 Å². The molecule has 2 N–H and O–H groups in total. The molecule has 37 heavy (non-hydrogen) atoms. The van der Waals surface area contributed by atoms with Gasteiger partial charge in [-0.15, -0.1) is 0 Å². The average molecular weight is 506 g/mol. The summed E-state index contributed by atoms with van der Waals surface area (Å²) in [6, 6.07) is 11.2. The van der Waals surface area contributed by atoms with Gasteiger partial charge in [0.15, 0.2) is 17.3 Å². The summed E-state index contributed by atoms with van der Waals surface area (Å²) in [7, 11) is 1.55. The Hall–Kier alpha value is -4.25. The maximum atomic E-state index is 14.6. The van der Waals surface area contributed by atoms with Gasteiger partial charge >= 0.3 is 0 Å². The number of H-pyrrole nitrogens is 1. The molecule has 2 amide bonds. The summed E-state index contributed by atoms with van der Waals surface area (Å²) >= 11 is 0. The number of amides is 2. The minimum Gasteiger partial charge on any atom is -0.488 e.